The summed E-state index contributed by atoms with van der Waals surface area (Å²) in [6.45, 7) is 6.32. The molecule has 1 amide bonds. The average molecular weight is 359 g/mol. The fraction of sp³-hybridized carbons (Fsp3) is 0.545. The van der Waals surface area contributed by atoms with Crippen LogP contribution in [0.25, 0.3) is 0 Å². The van der Waals surface area contributed by atoms with Crippen LogP contribution in [0.4, 0.5) is 0 Å². The maximum absolute atomic E-state index is 11.8. The Labute approximate surface area is 158 Å². The predicted octanol–water partition coefficient (Wildman–Crippen LogP) is 5.62. The smallest absolute Gasteiger partial charge is 0.240 e. The van der Waals surface area contributed by atoms with Crippen molar-refractivity contribution in [3.8, 4) is 5.75 Å². The number of amides is 1. The van der Waals surface area contributed by atoms with E-state index in [0.717, 1.165) is 24.2 Å². The third-order valence-corrected chi connectivity index (χ3v) is 4.18. The van der Waals surface area contributed by atoms with Crippen LogP contribution in [0.1, 0.15) is 76.7 Å². The fourth-order valence-electron chi connectivity index (χ4n) is 2.69. The molecule has 144 valence electrons. The van der Waals surface area contributed by atoms with Crippen LogP contribution in [0.3, 0.4) is 0 Å². The number of nitrogens with zero attached hydrogens (tertiary/aromatic N) is 1. The molecule has 1 rings (SSSR count). The maximum atomic E-state index is 11.8. The molecule has 0 aromatic heterocycles. The normalized spacial score (nSPS) is 10.8. The molecule has 1 aromatic rings. The number of benzene rings is 1. The first-order valence-corrected chi connectivity index (χ1v) is 9.92. The number of hydrazone groups is 1. The maximum Gasteiger partial charge on any atom is 0.240 e. The van der Waals surface area contributed by atoms with Crippen molar-refractivity contribution in [2.75, 3.05) is 6.61 Å². The van der Waals surface area contributed by atoms with Gasteiger partial charge in [-0.05, 0) is 18.6 Å². The quantitative estimate of drug-likeness (QED) is 0.191. The standard InChI is InChI=1S/C22H34N2O2/c1-3-5-6-7-8-9-10-11-12-17-22(25)24-23-19-20-15-13-14-16-21(20)26-18-4-2/h4,13-16,19H,2-3,5-12,17-18H2,1H3,(H,24,25). The molecule has 0 fully saturated rings. The first-order valence-electron chi connectivity index (χ1n) is 9.92. The molecule has 0 atom stereocenters. The molecule has 4 nitrogen and oxygen atoms in total. The summed E-state index contributed by atoms with van der Waals surface area (Å²) in [5.41, 5.74) is 3.43. The van der Waals surface area contributed by atoms with Crippen LogP contribution >= 0.6 is 0 Å². The molecule has 0 radical (unpaired) electrons. The molecule has 0 heterocycles. The van der Waals surface area contributed by atoms with Gasteiger partial charge in [-0.25, -0.2) is 5.43 Å². The monoisotopic (exact) mass is 358 g/mol. The van der Waals surface area contributed by atoms with Gasteiger partial charge in [0.2, 0.25) is 5.91 Å². The molecular formula is C22H34N2O2. The molecule has 1 N–H and O–H groups in total. The lowest BCUT2D eigenvalue weighted by molar-refractivity contribution is -0.121. The topological polar surface area (TPSA) is 50.7 Å². The molecule has 26 heavy (non-hydrogen) atoms. The Hall–Kier alpha value is -2.10. The van der Waals surface area contributed by atoms with Gasteiger partial charge in [-0.2, -0.15) is 5.10 Å². The molecule has 0 aliphatic heterocycles. The second-order valence-electron chi connectivity index (χ2n) is 6.51. The Morgan fingerprint density at radius 3 is 2.42 bits per heavy atom. The van der Waals surface area contributed by atoms with E-state index < -0.39 is 0 Å². The summed E-state index contributed by atoms with van der Waals surface area (Å²) in [5.74, 6) is 0.693. The first-order chi connectivity index (χ1) is 12.8. The lowest BCUT2D eigenvalue weighted by Gasteiger charge is -2.06. The molecule has 0 unspecified atom stereocenters. The minimum absolute atomic E-state index is 0.0336. The fourth-order valence-corrected chi connectivity index (χ4v) is 2.69. The molecule has 1 aromatic carbocycles. The Bertz CT molecular complexity index is 541. The van der Waals surface area contributed by atoms with E-state index in [4.69, 9.17) is 4.74 Å². The lowest BCUT2D eigenvalue weighted by atomic mass is 10.1. The Morgan fingerprint density at radius 1 is 1.08 bits per heavy atom. The summed E-state index contributed by atoms with van der Waals surface area (Å²) in [6, 6.07) is 7.58. The van der Waals surface area contributed by atoms with E-state index in [1.165, 1.54) is 44.9 Å². The molecule has 0 bridgehead atoms. The number of ether oxygens (including phenoxy) is 1. The van der Waals surface area contributed by atoms with Crippen LogP contribution in [0, 0.1) is 0 Å². The van der Waals surface area contributed by atoms with Crippen molar-refractivity contribution in [2.45, 2.75) is 71.1 Å². The first kappa shape index (κ1) is 21.9. The average Bonchev–Trinajstić information content (AvgIpc) is 2.66. The van der Waals surface area contributed by atoms with Gasteiger partial charge >= 0.3 is 0 Å². The highest BCUT2D eigenvalue weighted by Gasteiger charge is 2.01. The van der Waals surface area contributed by atoms with Gasteiger partial charge in [0.1, 0.15) is 12.4 Å². The van der Waals surface area contributed by atoms with Crippen LogP contribution in [0.15, 0.2) is 42.0 Å². The number of carbonyl (C=O) groups excluding carboxylic acids is 1. The molecule has 4 heteroatoms. The van der Waals surface area contributed by atoms with E-state index in [1.807, 2.05) is 24.3 Å². The summed E-state index contributed by atoms with van der Waals surface area (Å²) in [5, 5.41) is 4.04. The second kappa shape index (κ2) is 15.2. The van der Waals surface area contributed by atoms with Crippen LogP contribution in [-0.2, 0) is 4.79 Å². The van der Waals surface area contributed by atoms with E-state index >= 15 is 0 Å². The summed E-state index contributed by atoms with van der Waals surface area (Å²) >= 11 is 0. The van der Waals surface area contributed by atoms with Gasteiger partial charge in [0.25, 0.3) is 0 Å². The summed E-state index contributed by atoms with van der Waals surface area (Å²) < 4.78 is 5.56. The number of hydrogen-bond donors (Lipinski definition) is 1. The van der Waals surface area contributed by atoms with E-state index in [0.29, 0.717) is 13.0 Å². The highest BCUT2D eigenvalue weighted by Crippen LogP contribution is 2.15. The van der Waals surface area contributed by atoms with Gasteiger partial charge in [-0.3, -0.25) is 4.79 Å². The zero-order valence-electron chi connectivity index (χ0n) is 16.2. The van der Waals surface area contributed by atoms with Crippen LogP contribution in [0.5, 0.6) is 5.75 Å². The third-order valence-electron chi connectivity index (χ3n) is 4.18. The van der Waals surface area contributed by atoms with E-state index in [-0.39, 0.29) is 5.91 Å². The van der Waals surface area contributed by atoms with Crippen LogP contribution in [0.2, 0.25) is 0 Å². The summed E-state index contributed by atoms with van der Waals surface area (Å²) in [6.07, 6.45) is 15.1. The highest BCUT2D eigenvalue weighted by molar-refractivity contribution is 5.85. The minimum atomic E-state index is -0.0336. The second-order valence-corrected chi connectivity index (χ2v) is 6.51. The Balaban J connectivity index is 2.14. The number of hydrogen-bond acceptors (Lipinski definition) is 3. The SMILES string of the molecule is C=CCOc1ccccc1C=NNC(=O)CCCCCCCCCCC. The number of carbonyl (C=O) groups is 1. The molecule has 0 saturated heterocycles. The van der Waals surface area contributed by atoms with Gasteiger partial charge in [-0.15, -0.1) is 0 Å². The highest BCUT2D eigenvalue weighted by atomic mass is 16.5. The Kier molecular flexibility index (Phi) is 12.8. The largest absolute Gasteiger partial charge is 0.489 e. The van der Waals surface area contributed by atoms with Gasteiger partial charge in [0.15, 0.2) is 0 Å². The van der Waals surface area contributed by atoms with Gasteiger partial charge in [-0.1, -0.05) is 83.1 Å². The molecule has 0 saturated carbocycles. The van der Waals surface area contributed by atoms with Crippen molar-refractivity contribution in [3.05, 3.63) is 42.5 Å². The Morgan fingerprint density at radius 2 is 1.73 bits per heavy atom. The van der Waals surface area contributed by atoms with Crippen molar-refractivity contribution in [3.63, 3.8) is 0 Å². The van der Waals surface area contributed by atoms with E-state index in [9.17, 15) is 4.79 Å². The lowest BCUT2D eigenvalue weighted by Crippen LogP contribution is -2.17. The van der Waals surface area contributed by atoms with Crippen LogP contribution in [-0.4, -0.2) is 18.7 Å². The summed E-state index contributed by atoms with van der Waals surface area (Å²) in [7, 11) is 0. The van der Waals surface area contributed by atoms with Crippen molar-refractivity contribution >= 4 is 12.1 Å². The zero-order chi connectivity index (χ0) is 18.9. The third kappa shape index (κ3) is 10.7. The summed E-state index contributed by atoms with van der Waals surface area (Å²) in [4.78, 5) is 11.8. The molecule has 0 spiro atoms. The number of nitrogens with one attached hydrogen (secondary N) is 1. The van der Waals surface area contributed by atoms with Crippen molar-refractivity contribution < 1.29 is 9.53 Å². The predicted molar refractivity (Wildman–Crippen MR) is 110 cm³/mol. The number of para-hydroxylation sites is 1. The van der Waals surface area contributed by atoms with Crippen LogP contribution < -0.4 is 10.2 Å². The van der Waals surface area contributed by atoms with Gasteiger partial charge in [0, 0.05) is 12.0 Å². The van der Waals surface area contributed by atoms with Gasteiger partial charge in [0.05, 0.1) is 6.21 Å². The molecule has 0 aliphatic carbocycles. The number of unbranched alkanes of at least 4 members (excludes halogenated alkanes) is 8. The molecule has 0 aliphatic rings. The number of rotatable bonds is 15. The zero-order valence-corrected chi connectivity index (χ0v) is 16.2. The van der Waals surface area contributed by atoms with Crippen molar-refractivity contribution in [1.82, 2.24) is 5.43 Å². The van der Waals surface area contributed by atoms with Crippen molar-refractivity contribution in [2.24, 2.45) is 5.10 Å². The van der Waals surface area contributed by atoms with Gasteiger partial charge < -0.3 is 4.74 Å². The molecular weight excluding hydrogens is 324 g/mol. The van der Waals surface area contributed by atoms with Crippen molar-refractivity contribution in [1.29, 1.82) is 0 Å². The minimum Gasteiger partial charge on any atom is -0.489 e. The van der Waals surface area contributed by atoms with E-state index in [2.05, 4.69) is 24.0 Å². The van der Waals surface area contributed by atoms with E-state index in [1.54, 1.807) is 12.3 Å².